The normalized spacial score (nSPS) is 12.2. The molecule has 5 rings (SSSR count). The third-order valence-corrected chi connectivity index (χ3v) is 10.4. The first-order valence-corrected chi connectivity index (χ1v) is 16.1. The third kappa shape index (κ3) is 6.11. The summed E-state index contributed by atoms with van der Waals surface area (Å²) in [7, 11) is -7.40. The Labute approximate surface area is 241 Å². The van der Waals surface area contributed by atoms with Gasteiger partial charge in [0.25, 0.3) is 0 Å². The highest BCUT2D eigenvalue weighted by Gasteiger charge is 2.21. The largest absolute Gasteiger partial charge is 0.457 e. The number of para-hydroxylation sites is 1. The lowest BCUT2D eigenvalue weighted by Gasteiger charge is -2.19. The molecule has 0 atom stereocenters. The van der Waals surface area contributed by atoms with Gasteiger partial charge in [0.05, 0.1) is 19.6 Å². The van der Waals surface area contributed by atoms with Crippen molar-refractivity contribution in [3.8, 4) is 22.6 Å². The molecule has 0 saturated carbocycles. The fourth-order valence-corrected chi connectivity index (χ4v) is 6.89. The zero-order valence-corrected chi connectivity index (χ0v) is 24.6. The number of hydrogen-bond acceptors (Lipinski definition) is 5. The molecule has 0 heterocycles. The Kier molecular flexibility index (Phi) is 7.60. The summed E-state index contributed by atoms with van der Waals surface area (Å²) in [6, 6.07) is 35.7. The van der Waals surface area contributed by atoms with Crippen LogP contribution in [0.1, 0.15) is 26.3 Å². The monoisotopic (exact) mass is 582 g/mol. The van der Waals surface area contributed by atoms with Crippen LogP contribution < -0.4 is 4.74 Å². The van der Waals surface area contributed by atoms with Gasteiger partial charge in [-0.25, -0.2) is 16.8 Å². The zero-order chi connectivity index (χ0) is 29.3. The van der Waals surface area contributed by atoms with E-state index in [9.17, 15) is 16.8 Å². The molecule has 0 saturated heterocycles. The van der Waals surface area contributed by atoms with Crippen molar-refractivity contribution in [2.75, 3.05) is 0 Å². The fraction of sp³-hybridized carbons (Fsp3) is 0.118. The molecular formula is C34H30O5S2. The molecule has 5 aromatic carbocycles. The minimum Gasteiger partial charge on any atom is -0.457 e. The highest BCUT2D eigenvalue weighted by molar-refractivity contribution is 7.91. The van der Waals surface area contributed by atoms with Crippen molar-refractivity contribution in [2.24, 2.45) is 0 Å². The molecule has 0 unspecified atom stereocenters. The van der Waals surface area contributed by atoms with Crippen LogP contribution in [0.15, 0.2) is 147 Å². The molecule has 41 heavy (non-hydrogen) atoms. The Morgan fingerprint density at radius 2 is 0.780 bits per heavy atom. The van der Waals surface area contributed by atoms with Crippen molar-refractivity contribution in [1.29, 1.82) is 0 Å². The fourth-order valence-electron chi connectivity index (χ4n) is 4.37. The van der Waals surface area contributed by atoms with Crippen LogP contribution in [0.4, 0.5) is 0 Å². The highest BCUT2D eigenvalue weighted by atomic mass is 32.2. The van der Waals surface area contributed by atoms with Gasteiger partial charge in [0.2, 0.25) is 19.7 Å². The van der Waals surface area contributed by atoms with Crippen LogP contribution in [-0.4, -0.2) is 16.8 Å². The second-order valence-electron chi connectivity index (χ2n) is 10.7. The van der Waals surface area contributed by atoms with E-state index in [0.717, 1.165) is 16.7 Å². The standard InChI is InChI=1S/C34H30O5S2/c1-34(2,3)27-13-21-32(22-14-27)40(35,36)30-17-9-25(10-18-30)26-11-19-31(20-12-26)41(37,38)33-23-15-29(16-24-33)39-28-7-5-4-6-8-28/h4-24H,1-3H3. The summed E-state index contributed by atoms with van der Waals surface area (Å²) < 4.78 is 58.5. The lowest BCUT2D eigenvalue weighted by atomic mass is 9.87. The van der Waals surface area contributed by atoms with Gasteiger partial charge in [0, 0.05) is 0 Å². The summed E-state index contributed by atoms with van der Waals surface area (Å²) in [5, 5.41) is 0. The lowest BCUT2D eigenvalue weighted by Crippen LogP contribution is -2.11. The molecule has 0 aromatic heterocycles. The van der Waals surface area contributed by atoms with E-state index in [-0.39, 0.29) is 25.0 Å². The number of rotatable bonds is 7. The minimum absolute atomic E-state index is 0.0685. The Bertz CT molecular complexity index is 1850. The van der Waals surface area contributed by atoms with Crippen LogP contribution in [0, 0.1) is 0 Å². The molecule has 5 aromatic rings. The van der Waals surface area contributed by atoms with Gasteiger partial charge < -0.3 is 4.74 Å². The van der Waals surface area contributed by atoms with E-state index in [2.05, 4.69) is 20.8 Å². The zero-order valence-electron chi connectivity index (χ0n) is 23.0. The first kappa shape index (κ1) is 28.3. The van der Waals surface area contributed by atoms with Crippen LogP contribution in [0.2, 0.25) is 0 Å². The summed E-state index contributed by atoms with van der Waals surface area (Å²) in [5.41, 5.74) is 2.54. The molecule has 0 aliphatic rings. The van der Waals surface area contributed by atoms with E-state index < -0.39 is 19.7 Å². The summed E-state index contributed by atoms with van der Waals surface area (Å²) in [6.07, 6.45) is 0. The molecule has 0 aliphatic carbocycles. The van der Waals surface area contributed by atoms with Crippen LogP contribution >= 0.6 is 0 Å². The summed E-state index contributed by atoms with van der Waals surface area (Å²) in [4.78, 5) is 0.766. The predicted octanol–water partition coefficient (Wildman–Crippen LogP) is 8.11. The molecule has 0 spiro atoms. The Hall–Kier alpha value is -4.20. The van der Waals surface area contributed by atoms with E-state index >= 15 is 0 Å². The van der Waals surface area contributed by atoms with Gasteiger partial charge in [-0.3, -0.25) is 0 Å². The first-order valence-electron chi connectivity index (χ1n) is 13.1. The van der Waals surface area contributed by atoms with Crippen molar-refractivity contribution in [1.82, 2.24) is 0 Å². The van der Waals surface area contributed by atoms with Gasteiger partial charge in [-0.1, -0.05) is 75.4 Å². The molecule has 0 bridgehead atoms. The van der Waals surface area contributed by atoms with Crippen LogP contribution in [-0.2, 0) is 25.1 Å². The summed E-state index contributed by atoms with van der Waals surface area (Å²) in [5.74, 6) is 1.21. The van der Waals surface area contributed by atoms with Crippen LogP contribution in [0.25, 0.3) is 11.1 Å². The molecule has 0 radical (unpaired) electrons. The number of ether oxygens (including phenoxy) is 1. The first-order chi connectivity index (χ1) is 19.4. The number of benzene rings is 5. The average molecular weight is 583 g/mol. The van der Waals surface area contributed by atoms with Gasteiger partial charge in [0.15, 0.2) is 0 Å². The second-order valence-corrected chi connectivity index (χ2v) is 14.6. The molecule has 0 fully saturated rings. The SMILES string of the molecule is CC(C)(C)c1ccc(S(=O)(=O)c2ccc(-c3ccc(S(=O)(=O)c4ccc(Oc5ccccc5)cc4)cc3)cc2)cc1. The number of sulfone groups is 2. The minimum atomic E-state index is -3.73. The van der Waals surface area contributed by atoms with Crippen molar-refractivity contribution in [3.63, 3.8) is 0 Å². The van der Waals surface area contributed by atoms with E-state index in [1.165, 1.54) is 12.1 Å². The summed E-state index contributed by atoms with van der Waals surface area (Å²) in [6.45, 7) is 6.24. The van der Waals surface area contributed by atoms with Gasteiger partial charge >= 0.3 is 0 Å². The molecule has 0 N–H and O–H groups in total. The molecule has 0 amide bonds. The van der Waals surface area contributed by atoms with Gasteiger partial charge in [-0.05, 0) is 94.9 Å². The number of hydrogen-bond donors (Lipinski definition) is 0. The molecule has 0 aliphatic heterocycles. The van der Waals surface area contributed by atoms with Gasteiger partial charge in [-0.15, -0.1) is 0 Å². The Balaban J connectivity index is 1.31. The summed E-state index contributed by atoms with van der Waals surface area (Å²) >= 11 is 0. The van der Waals surface area contributed by atoms with Crippen molar-refractivity contribution < 1.29 is 21.6 Å². The van der Waals surface area contributed by atoms with E-state index in [1.807, 2.05) is 42.5 Å². The van der Waals surface area contributed by atoms with Crippen LogP contribution in [0.5, 0.6) is 11.5 Å². The second kappa shape index (κ2) is 11.0. The molecule has 7 heteroatoms. The Morgan fingerprint density at radius 3 is 1.17 bits per heavy atom. The van der Waals surface area contributed by atoms with E-state index in [1.54, 1.807) is 72.8 Å². The van der Waals surface area contributed by atoms with Gasteiger partial charge in [-0.2, -0.15) is 0 Å². The maximum atomic E-state index is 13.2. The average Bonchev–Trinajstić information content (AvgIpc) is 2.98. The third-order valence-electron chi connectivity index (χ3n) is 6.81. The van der Waals surface area contributed by atoms with E-state index in [4.69, 9.17) is 4.74 Å². The quantitative estimate of drug-likeness (QED) is 0.194. The van der Waals surface area contributed by atoms with Crippen molar-refractivity contribution in [2.45, 2.75) is 45.8 Å². The van der Waals surface area contributed by atoms with Gasteiger partial charge in [0.1, 0.15) is 11.5 Å². The Morgan fingerprint density at radius 1 is 0.439 bits per heavy atom. The van der Waals surface area contributed by atoms with Crippen LogP contribution in [0.3, 0.4) is 0 Å². The highest BCUT2D eigenvalue weighted by Crippen LogP contribution is 2.30. The maximum Gasteiger partial charge on any atom is 0.206 e. The molecule has 5 nitrogen and oxygen atoms in total. The van der Waals surface area contributed by atoms with Crippen molar-refractivity contribution >= 4 is 19.7 Å². The smallest absolute Gasteiger partial charge is 0.206 e. The maximum absolute atomic E-state index is 13.2. The van der Waals surface area contributed by atoms with E-state index in [0.29, 0.717) is 11.5 Å². The molecule has 208 valence electrons. The molecular weight excluding hydrogens is 553 g/mol. The topological polar surface area (TPSA) is 77.5 Å². The predicted molar refractivity (Wildman–Crippen MR) is 161 cm³/mol. The van der Waals surface area contributed by atoms with Crippen molar-refractivity contribution in [3.05, 3.63) is 133 Å². The lowest BCUT2D eigenvalue weighted by molar-refractivity contribution is 0.482.